The summed E-state index contributed by atoms with van der Waals surface area (Å²) in [6.45, 7) is 4.20. The van der Waals surface area contributed by atoms with Gasteiger partial charge in [-0.05, 0) is 37.8 Å². The van der Waals surface area contributed by atoms with Gasteiger partial charge in [0.25, 0.3) is 0 Å². The van der Waals surface area contributed by atoms with E-state index in [2.05, 4.69) is 25.6 Å². The van der Waals surface area contributed by atoms with Crippen LogP contribution in [-0.4, -0.2) is 49.0 Å². The molecule has 2 aromatic heterocycles. The molecule has 136 valence electrons. The molecule has 0 unspecified atom stereocenters. The summed E-state index contributed by atoms with van der Waals surface area (Å²) in [6.07, 6.45) is 4.70. The number of aryl methyl sites for hydroxylation is 1. The van der Waals surface area contributed by atoms with Gasteiger partial charge in [0.2, 0.25) is 0 Å². The molecule has 1 aliphatic heterocycles. The van der Waals surface area contributed by atoms with Gasteiger partial charge in [0.1, 0.15) is 5.82 Å². The number of carbonyl (C=O) groups excluding carboxylic acids is 1. The molecule has 8 nitrogen and oxygen atoms in total. The van der Waals surface area contributed by atoms with Gasteiger partial charge >= 0.3 is 6.03 Å². The maximum atomic E-state index is 12.5. The lowest BCUT2D eigenvalue weighted by atomic mass is 9.95. The van der Waals surface area contributed by atoms with Crippen molar-refractivity contribution in [2.45, 2.75) is 32.7 Å². The van der Waals surface area contributed by atoms with Crippen LogP contribution in [0, 0.1) is 5.92 Å². The monoisotopic (exact) mass is 353 g/mol. The summed E-state index contributed by atoms with van der Waals surface area (Å²) >= 11 is 0. The van der Waals surface area contributed by atoms with Crippen molar-refractivity contribution >= 4 is 22.9 Å². The number of para-hydroxylation sites is 2. The van der Waals surface area contributed by atoms with Crippen molar-refractivity contribution in [2.75, 3.05) is 18.4 Å². The zero-order valence-electron chi connectivity index (χ0n) is 14.9. The zero-order valence-corrected chi connectivity index (χ0v) is 14.9. The Morgan fingerprint density at radius 2 is 2.27 bits per heavy atom. The molecule has 1 aromatic carbocycles. The Hall–Kier alpha value is -2.90. The number of benzene rings is 1. The van der Waals surface area contributed by atoms with Gasteiger partial charge in [-0.25, -0.2) is 9.78 Å². The van der Waals surface area contributed by atoms with E-state index in [1.165, 1.54) is 0 Å². The van der Waals surface area contributed by atoms with E-state index in [-0.39, 0.29) is 6.03 Å². The molecular weight excluding hydrogens is 330 g/mol. The highest BCUT2D eigenvalue weighted by molar-refractivity contribution is 5.88. The van der Waals surface area contributed by atoms with E-state index in [1.54, 1.807) is 10.9 Å². The van der Waals surface area contributed by atoms with Crippen LogP contribution in [0.3, 0.4) is 0 Å². The quantitative estimate of drug-likeness (QED) is 0.754. The summed E-state index contributed by atoms with van der Waals surface area (Å²) < 4.78 is 1.69. The largest absolute Gasteiger partial charge is 0.342 e. The van der Waals surface area contributed by atoms with Gasteiger partial charge in [-0.3, -0.25) is 10.00 Å². The van der Waals surface area contributed by atoms with Crippen LogP contribution in [0.5, 0.6) is 0 Å². The van der Waals surface area contributed by atoms with Crippen molar-refractivity contribution in [2.24, 2.45) is 5.92 Å². The van der Waals surface area contributed by atoms with E-state index >= 15 is 0 Å². The van der Waals surface area contributed by atoms with Crippen LogP contribution in [-0.2, 0) is 13.0 Å². The van der Waals surface area contributed by atoms with E-state index in [4.69, 9.17) is 0 Å². The zero-order chi connectivity index (χ0) is 17.9. The van der Waals surface area contributed by atoms with Crippen LogP contribution < -0.4 is 5.32 Å². The van der Waals surface area contributed by atoms with Crippen LogP contribution in [0.4, 0.5) is 10.6 Å². The second-order valence-corrected chi connectivity index (χ2v) is 6.75. The van der Waals surface area contributed by atoms with Gasteiger partial charge < -0.3 is 9.88 Å². The number of fused-ring (bicyclic) bond motifs is 1. The number of carbonyl (C=O) groups is 1. The number of anilines is 1. The molecule has 0 radical (unpaired) electrons. The number of aromatic amines is 1. The first kappa shape index (κ1) is 16.6. The summed E-state index contributed by atoms with van der Waals surface area (Å²) in [7, 11) is 0. The number of hydrogen-bond donors (Lipinski definition) is 2. The fraction of sp³-hybridized carbons (Fsp3) is 0.444. The minimum Gasteiger partial charge on any atom is -0.342 e. The van der Waals surface area contributed by atoms with E-state index in [1.807, 2.05) is 36.1 Å². The standard InChI is InChI=1S/C18H23N7O/c1-2-25-12-17(22-23-25)21-18(26)24-9-5-6-13(11-24)10-16-19-14-7-3-4-8-15(14)20-16/h3-4,7-8,12-13H,2,5-6,9-11H2,1H3,(H,19,20)(H,21,26)/t13-/m1/s1. The smallest absolute Gasteiger partial charge is 0.323 e. The molecule has 1 saturated heterocycles. The summed E-state index contributed by atoms with van der Waals surface area (Å²) in [6, 6.07) is 7.94. The van der Waals surface area contributed by atoms with Crippen LogP contribution in [0.25, 0.3) is 11.0 Å². The molecule has 2 N–H and O–H groups in total. The number of rotatable bonds is 4. The Morgan fingerprint density at radius 3 is 3.08 bits per heavy atom. The fourth-order valence-electron chi connectivity index (χ4n) is 3.49. The minimum absolute atomic E-state index is 0.109. The first-order valence-electron chi connectivity index (χ1n) is 9.11. The van der Waals surface area contributed by atoms with Crippen LogP contribution in [0.1, 0.15) is 25.6 Å². The molecule has 0 bridgehead atoms. The number of nitrogens with zero attached hydrogens (tertiary/aromatic N) is 5. The molecule has 8 heteroatoms. The molecule has 1 aliphatic rings. The molecule has 1 fully saturated rings. The number of piperidine rings is 1. The first-order chi connectivity index (χ1) is 12.7. The van der Waals surface area contributed by atoms with Gasteiger partial charge in [0.05, 0.1) is 17.2 Å². The Morgan fingerprint density at radius 1 is 1.38 bits per heavy atom. The number of urea groups is 1. The van der Waals surface area contributed by atoms with E-state index < -0.39 is 0 Å². The lowest BCUT2D eigenvalue weighted by molar-refractivity contribution is 0.176. The first-order valence-corrected chi connectivity index (χ1v) is 9.11. The average molecular weight is 353 g/mol. The van der Waals surface area contributed by atoms with Crippen molar-refractivity contribution in [3.05, 3.63) is 36.3 Å². The third-order valence-electron chi connectivity index (χ3n) is 4.82. The molecule has 2 amide bonds. The highest BCUT2D eigenvalue weighted by Crippen LogP contribution is 2.22. The van der Waals surface area contributed by atoms with Gasteiger partial charge in [-0.1, -0.05) is 17.3 Å². The minimum atomic E-state index is -0.109. The number of H-pyrrole nitrogens is 1. The van der Waals surface area contributed by atoms with Crippen molar-refractivity contribution < 1.29 is 4.79 Å². The molecule has 0 aliphatic carbocycles. The number of likely N-dealkylation sites (tertiary alicyclic amines) is 1. The summed E-state index contributed by atoms with van der Waals surface area (Å²) in [5.74, 6) is 1.89. The van der Waals surface area contributed by atoms with Crippen LogP contribution >= 0.6 is 0 Å². The summed E-state index contributed by atoms with van der Waals surface area (Å²) in [5.41, 5.74) is 2.05. The predicted octanol–water partition coefficient (Wildman–Crippen LogP) is 2.66. The van der Waals surface area contributed by atoms with Crippen molar-refractivity contribution in [1.82, 2.24) is 29.9 Å². The third kappa shape index (κ3) is 3.54. The molecule has 0 saturated carbocycles. The van der Waals surface area contributed by atoms with Gasteiger partial charge in [0, 0.05) is 26.1 Å². The Kier molecular flexibility index (Phi) is 4.55. The second kappa shape index (κ2) is 7.15. The molecular formula is C18H23N7O. The topological polar surface area (TPSA) is 91.7 Å². The number of amides is 2. The van der Waals surface area contributed by atoms with E-state index in [0.717, 1.165) is 55.8 Å². The van der Waals surface area contributed by atoms with Gasteiger partial charge in [-0.15, -0.1) is 5.10 Å². The van der Waals surface area contributed by atoms with Crippen molar-refractivity contribution in [3.63, 3.8) is 0 Å². The highest BCUT2D eigenvalue weighted by Gasteiger charge is 2.25. The highest BCUT2D eigenvalue weighted by atomic mass is 16.2. The molecule has 26 heavy (non-hydrogen) atoms. The van der Waals surface area contributed by atoms with Crippen LogP contribution in [0.2, 0.25) is 0 Å². The lowest BCUT2D eigenvalue weighted by Gasteiger charge is -2.32. The molecule has 3 heterocycles. The molecule has 0 spiro atoms. The maximum absolute atomic E-state index is 12.5. The maximum Gasteiger partial charge on any atom is 0.323 e. The van der Waals surface area contributed by atoms with E-state index in [0.29, 0.717) is 11.7 Å². The summed E-state index contributed by atoms with van der Waals surface area (Å²) in [4.78, 5) is 22.4. The van der Waals surface area contributed by atoms with Crippen LogP contribution in [0.15, 0.2) is 30.5 Å². The number of nitrogens with one attached hydrogen (secondary N) is 2. The van der Waals surface area contributed by atoms with Gasteiger partial charge in [-0.2, -0.15) is 0 Å². The fourth-order valence-corrected chi connectivity index (χ4v) is 3.49. The summed E-state index contributed by atoms with van der Waals surface area (Å²) in [5, 5.41) is 10.8. The lowest BCUT2D eigenvalue weighted by Crippen LogP contribution is -2.43. The van der Waals surface area contributed by atoms with Crippen molar-refractivity contribution in [1.29, 1.82) is 0 Å². The molecule has 3 aromatic rings. The third-order valence-corrected chi connectivity index (χ3v) is 4.82. The van der Waals surface area contributed by atoms with Crippen molar-refractivity contribution in [3.8, 4) is 0 Å². The van der Waals surface area contributed by atoms with E-state index in [9.17, 15) is 4.79 Å². The Bertz CT molecular complexity index is 867. The Balaban J connectivity index is 1.37. The second-order valence-electron chi connectivity index (χ2n) is 6.75. The predicted molar refractivity (Wildman–Crippen MR) is 98.8 cm³/mol. The van der Waals surface area contributed by atoms with Gasteiger partial charge in [0.15, 0.2) is 5.82 Å². The Labute approximate surface area is 151 Å². The number of imidazole rings is 1. The number of aromatic nitrogens is 5. The number of hydrogen-bond acceptors (Lipinski definition) is 4. The average Bonchev–Trinajstić information content (AvgIpc) is 3.27. The normalized spacial score (nSPS) is 17.6. The molecule has 1 atom stereocenters. The SMILES string of the molecule is CCn1cc(NC(=O)N2CCC[C@H](Cc3nc4ccccc4[nH]3)C2)nn1. The molecule has 4 rings (SSSR count).